The second kappa shape index (κ2) is 8.83. The molecule has 164 valence electrons. The molecule has 0 amide bonds. The van der Waals surface area contributed by atoms with Crippen LogP contribution in [-0.2, 0) is 11.4 Å². The van der Waals surface area contributed by atoms with Gasteiger partial charge in [0.15, 0.2) is 11.5 Å². The molecule has 1 heterocycles. The molecule has 1 fully saturated rings. The van der Waals surface area contributed by atoms with Crippen molar-refractivity contribution in [1.29, 1.82) is 0 Å². The number of oxime groups is 1. The van der Waals surface area contributed by atoms with Crippen molar-refractivity contribution in [2.75, 3.05) is 21.0 Å². The quantitative estimate of drug-likeness (QED) is 0.364. The molecule has 3 aromatic carbocycles. The highest BCUT2D eigenvalue weighted by atomic mass is 16.7. The van der Waals surface area contributed by atoms with E-state index in [0.717, 1.165) is 46.3 Å². The first-order chi connectivity index (χ1) is 15.7. The Morgan fingerprint density at radius 2 is 1.56 bits per heavy atom. The summed E-state index contributed by atoms with van der Waals surface area (Å²) in [6.07, 6.45) is 1.01. The summed E-state index contributed by atoms with van der Waals surface area (Å²) in [6, 6.07) is 21.9. The van der Waals surface area contributed by atoms with Crippen LogP contribution in [0.5, 0.6) is 23.0 Å². The lowest BCUT2D eigenvalue weighted by atomic mass is 10.0. The van der Waals surface area contributed by atoms with Crippen LogP contribution in [0.3, 0.4) is 0 Å². The molecule has 6 heteroatoms. The summed E-state index contributed by atoms with van der Waals surface area (Å²) < 4.78 is 21.5. The molecule has 0 aromatic heterocycles. The zero-order valence-corrected chi connectivity index (χ0v) is 18.1. The molecule has 5 rings (SSSR count). The smallest absolute Gasteiger partial charge is 0.231 e. The van der Waals surface area contributed by atoms with Crippen LogP contribution in [0, 0.1) is 5.92 Å². The van der Waals surface area contributed by atoms with Crippen LogP contribution >= 0.6 is 0 Å². The third-order valence-electron chi connectivity index (χ3n) is 5.91. The molecular formula is C26H25NO5. The van der Waals surface area contributed by atoms with Crippen molar-refractivity contribution in [3.8, 4) is 23.0 Å². The summed E-state index contributed by atoms with van der Waals surface area (Å²) in [5, 5.41) is 4.59. The third-order valence-corrected chi connectivity index (χ3v) is 5.91. The second-order valence-corrected chi connectivity index (χ2v) is 7.89. The Balaban J connectivity index is 1.35. The zero-order valence-electron chi connectivity index (χ0n) is 18.1. The monoisotopic (exact) mass is 431 g/mol. The number of rotatable bonds is 8. The van der Waals surface area contributed by atoms with E-state index in [4.69, 9.17) is 23.8 Å². The molecule has 1 saturated carbocycles. The van der Waals surface area contributed by atoms with E-state index in [2.05, 4.69) is 17.3 Å². The Morgan fingerprint density at radius 1 is 0.875 bits per heavy atom. The summed E-state index contributed by atoms with van der Waals surface area (Å²) in [7, 11) is 3.32. The fourth-order valence-electron chi connectivity index (χ4n) is 4.00. The lowest BCUT2D eigenvalue weighted by Crippen LogP contribution is -2.07. The molecule has 32 heavy (non-hydrogen) atoms. The van der Waals surface area contributed by atoms with Crippen molar-refractivity contribution >= 4 is 5.71 Å². The first kappa shape index (κ1) is 20.2. The highest BCUT2D eigenvalue weighted by Crippen LogP contribution is 2.51. The highest BCUT2D eigenvalue weighted by molar-refractivity contribution is 6.04. The van der Waals surface area contributed by atoms with Crippen molar-refractivity contribution in [1.82, 2.24) is 0 Å². The molecule has 0 bridgehead atoms. The van der Waals surface area contributed by atoms with E-state index in [-0.39, 0.29) is 12.7 Å². The van der Waals surface area contributed by atoms with Crippen molar-refractivity contribution in [2.24, 2.45) is 11.1 Å². The van der Waals surface area contributed by atoms with Crippen LogP contribution in [0.2, 0.25) is 0 Å². The summed E-state index contributed by atoms with van der Waals surface area (Å²) in [4.78, 5) is 5.80. The van der Waals surface area contributed by atoms with Gasteiger partial charge in [0.05, 0.1) is 19.9 Å². The van der Waals surface area contributed by atoms with Crippen LogP contribution in [-0.4, -0.2) is 26.7 Å². The largest absolute Gasteiger partial charge is 0.497 e. The molecule has 3 aromatic rings. The first-order valence-corrected chi connectivity index (χ1v) is 10.6. The van der Waals surface area contributed by atoms with E-state index >= 15 is 0 Å². The minimum atomic E-state index is 0.277. The van der Waals surface area contributed by atoms with Gasteiger partial charge in [-0.2, -0.15) is 0 Å². The molecule has 6 nitrogen and oxygen atoms in total. The number of fused-ring (bicyclic) bond motifs is 1. The number of nitrogens with zero attached hydrogens (tertiary/aromatic N) is 1. The number of methoxy groups -OCH3 is 2. The molecule has 0 saturated heterocycles. The minimum absolute atomic E-state index is 0.277. The van der Waals surface area contributed by atoms with Gasteiger partial charge in [0.2, 0.25) is 6.79 Å². The fraction of sp³-hybridized carbons (Fsp3) is 0.269. The fourth-order valence-corrected chi connectivity index (χ4v) is 4.00. The van der Waals surface area contributed by atoms with Gasteiger partial charge in [0, 0.05) is 5.92 Å². The summed E-state index contributed by atoms with van der Waals surface area (Å²) in [5.74, 6) is 3.90. The standard InChI is InChI=1S/C26H25NO5/c1-28-20-8-3-17(4-9-20)15-32-27-26(18-5-10-21(29-2)11-6-18)23-14-22(23)19-7-12-24-25(13-19)31-16-30-24/h3-13,22-23H,14-16H2,1-2H3/b27-26-/t22-,23+/m1/s1. The van der Waals surface area contributed by atoms with Crippen LogP contribution in [0.4, 0.5) is 0 Å². The molecule has 1 aliphatic carbocycles. The van der Waals surface area contributed by atoms with Gasteiger partial charge in [-0.25, -0.2) is 0 Å². The zero-order chi connectivity index (χ0) is 21.9. The first-order valence-electron chi connectivity index (χ1n) is 10.6. The van der Waals surface area contributed by atoms with E-state index in [1.54, 1.807) is 14.2 Å². The molecule has 0 unspecified atom stereocenters. The van der Waals surface area contributed by atoms with Crippen molar-refractivity contribution < 1.29 is 23.8 Å². The Kier molecular flexibility index (Phi) is 5.58. The average Bonchev–Trinajstić information content (AvgIpc) is 3.49. The van der Waals surface area contributed by atoms with Crippen molar-refractivity contribution in [2.45, 2.75) is 18.9 Å². The lowest BCUT2D eigenvalue weighted by molar-refractivity contribution is 0.130. The molecule has 0 radical (unpaired) electrons. The number of benzene rings is 3. The van der Waals surface area contributed by atoms with Crippen LogP contribution in [0.1, 0.15) is 29.0 Å². The van der Waals surface area contributed by atoms with Gasteiger partial charge in [-0.3, -0.25) is 0 Å². The average molecular weight is 431 g/mol. The van der Waals surface area contributed by atoms with Crippen molar-refractivity contribution in [3.05, 3.63) is 83.4 Å². The van der Waals surface area contributed by atoms with Gasteiger partial charge >= 0.3 is 0 Å². The number of ether oxygens (including phenoxy) is 4. The molecule has 2 atom stereocenters. The Bertz CT molecular complexity index is 1110. The van der Waals surface area contributed by atoms with E-state index in [1.165, 1.54) is 5.56 Å². The van der Waals surface area contributed by atoms with E-state index < -0.39 is 0 Å². The Morgan fingerprint density at radius 3 is 2.28 bits per heavy atom. The van der Waals surface area contributed by atoms with Crippen molar-refractivity contribution in [3.63, 3.8) is 0 Å². The van der Waals surface area contributed by atoms with Gasteiger partial charge < -0.3 is 23.8 Å². The normalized spacial score (nSPS) is 18.9. The summed E-state index contributed by atoms with van der Waals surface area (Å²) >= 11 is 0. The molecule has 0 N–H and O–H groups in total. The summed E-state index contributed by atoms with van der Waals surface area (Å²) in [6.45, 7) is 0.676. The lowest BCUT2D eigenvalue weighted by Gasteiger charge is -2.09. The SMILES string of the molecule is COc1ccc(CO/N=C(/c2ccc(OC)cc2)[C@H]2C[C@@H]2c2ccc3c(c2)OCO3)cc1. The van der Waals surface area contributed by atoms with Crippen LogP contribution in [0.25, 0.3) is 0 Å². The molecule has 1 aliphatic heterocycles. The van der Waals surface area contributed by atoms with Gasteiger partial charge in [-0.1, -0.05) is 23.4 Å². The molecular weight excluding hydrogens is 406 g/mol. The summed E-state index contributed by atoms with van der Waals surface area (Å²) in [5.41, 5.74) is 4.25. The van der Waals surface area contributed by atoms with Gasteiger partial charge in [0.1, 0.15) is 18.1 Å². The van der Waals surface area contributed by atoms with E-state index in [1.807, 2.05) is 54.6 Å². The van der Waals surface area contributed by atoms with Crippen LogP contribution in [0.15, 0.2) is 71.9 Å². The molecule has 0 spiro atoms. The predicted octanol–water partition coefficient (Wildman–Crippen LogP) is 5.16. The third kappa shape index (κ3) is 4.21. The van der Waals surface area contributed by atoms with Gasteiger partial charge in [0.25, 0.3) is 0 Å². The van der Waals surface area contributed by atoms with Gasteiger partial charge in [-0.05, 0) is 77.6 Å². The number of hydrogen-bond acceptors (Lipinski definition) is 6. The highest BCUT2D eigenvalue weighted by Gasteiger charge is 2.43. The maximum atomic E-state index is 5.80. The topological polar surface area (TPSA) is 58.5 Å². The minimum Gasteiger partial charge on any atom is -0.497 e. The maximum Gasteiger partial charge on any atom is 0.231 e. The Hall–Kier alpha value is -3.67. The maximum absolute atomic E-state index is 5.80. The Labute approximate surface area is 187 Å². The predicted molar refractivity (Wildman–Crippen MR) is 121 cm³/mol. The number of hydrogen-bond donors (Lipinski definition) is 0. The van der Waals surface area contributed by atoms with Crippen LogP contribution < -0.4 is 18.9 Å². The van der Waals surface area contributed by atoms with Gasteiger partial charge in [-0.15, -0.1) is 0 Å². The molecule has 2 aliphatic rings. The van der Waals surface area contributed by atoms with E-state index in [0.29, 0.717) is 12.5 Å². The second-order valence-electron chi connectivity index (χ2n) is 7.89. The van der Waals surface area contributed by atoms with E-state index in [9.17, 15) is 0 Å².